The van der Waals surface area contributed by atoms with Gasteiger partial charge in [0, 0.05) is 13.1 Å². The Morgan fingerprint density at radius 2 is 2.00 bits per heavy atom. The molecule has 1 N–H and O–H groups in total. The van der Waals surface area contributed by atoms with E-state index in [4.69, 9.17) is 5.26 Å². The molecule has 1 aliphatic heterocycles. The van der Waals surface area contributed by atoms with Crippen molar-refractivity contribution in [2.75, 3.05) is 25.0 Å². The van der Waals surface area contributed by atoms with Crippen molar-refractivity contribution in [2.45, 2.75) is 20.3 Å². The molecule has 2 atom stereocenters. The predicted octanol–water partition coefficient (Wildman–Crippen LogP) is 2.47. The summed E-state index contributed by atoms with van der Waals surface area (Å²) in [7, 11) is 0. The van der Waals surface area contributed by atoms with Gasteiger partial charge in [0.15, 0.2) is 0 Å². The number of benzene rings is 1. The first kappa shape index (κ1) is 14.5. The lowest BCUT2D eigenvalue weighted by atomic mass is 9.92. The van der Waals surface area contributed by atoms with Crippen LogP contribution in [0.4, 0.5) is 5.69 Å². The zero-order valence-electron chi connectivity index (χ0n) is 12.1. The van der Waals surface area contributed by atoms with Gasteiger partial charge in [-0.05, 0) is 30.4 Å². The van der Waals surface area contributed by atoms with Gasteiger partial charge in [0.2, 0.25) is 5.91 Å². The zero-order chi connectivity index (χ0) is 14.5. The summed E-state index contributed by atoms with van der Waals surface area (Å²) >= 11 is 0. The molecule has 4 nitrogen and oxygen atoms in total. The number of hydrogen-bond acceptors (Lipinski definition) is 3. The maximum atomic E-state index is 12.1. The number of rotatable bonds is 3. The summed E-state index contributed by atoms with van der Waals surface area (Å²) in [6.45, 7) is 6.79. The van der Waals surface area contributed by atoms with Gasteiger partial charge >= 0.3 is 0 Å². The summed E-state index contributed by atoms with van der Waals surface area (Å²) in [5, 5.41) is 11.8. The quantitative estimate of drug-likeness (QED) is 0.918. The lowest BCUT2D eigenvalue weighted by Gasteiger charge is -2.34. The Kier molecular flexibility index (Phi) is 4.75. The third kappa shape index (κ3) is 3.82. The molecule has 0 aliphatic carbocycles. The average Bonchev–Trinajstić information content (AvgIpc) is 2.37. The largest absolute Gasteiger partial charge is 0.324 e. The van der Waals surface area contributed by atoms with Crippen molar-refractivity contribution in [1.82, 2.24) is 4.90 Å². The summed E-state index contributed by atoms with van der Waals surface area (Å²) in [4.78, 5) is 14.3. The van der Waals surface area contributed by atoms with E-state index in [1.54, 1.807) is 18.2 Å². The van der Waals surface area contributed by atoms with Crippen LogP contribution in [-0.4, -0.2) is 30.4 Å². The van der Waals surface area contributed by atoms with E-state index in [0.717, 1.165) is 13.1 Å². The molecule has 2 rings (SSSR count). The summed E-state index contributed by atoms with van der Waals surface area (Å²) in [6, 6.07) is 9.18. The highest BCUT2D eigenvalue weighted by molar-refractivity contribution is 5.93. The average molecular weight is 271 g/mol. The normalized spacial score (nSPS) is 23.1. The van der Waals surface area contributed by atoms with Gasteiger partial charge in [0.1, 0.15) is 6.07 Å². The molecule has 1 aliphatic rings. The van der Waals surface area contributed by atoms with E-state index < -0.39 is 0 Å². The van der Waals surface area contributed by atoms with Crippen molar-refractivity contribution < 1.29 is 4.79 Å². The molecular weight excluding hydrogens is 250 g/mol. The second-order valence-electron chi connectivity index (χ2n) is 5.85. The molecule has 1 heterocycles. The number of anilines is 1. The van der Waals surface area contributed by atoms with Crippen molar-refractivity contribution in [3.63, 3.8) is 0 Å². The summed E-state index contributed by atoms with van der Waals surface area (Å²) in [6.07, 6.45) is 1.23. The number of amides is 1. The van der Waals surface area contributed by atoms with Gasteiger partial charge in [0.25, 0.3) is 0 Å². The SMILES string of the molecule is C[C@H]1C[C@H](C)CN(CC(=O)Nc2ccccc2C#N)C1. The third-order valence-electron chi connectivity index (χ3n) is 3.63. The highest BCUT2D eigenvalue weighted by atomic mass is 16.2. The second kappa shape index (κ2) is 6.53. The van der Waals surface area contributed by atoms with Gasteiger partial charge in [-0.3, -0.25) is 9.69 Å². The second-order valence-corrected chi connectivity index (χ2v) is 5.85. The molecule has 0 aromatic heterocycles. The minimum atomic E-state index is -0.0472. The van der Waals surface area contributed by atoms with Crippen molar-refractivity contribution in [3.8, 4) is 6.07 Å². The number of para-hydroxylation sites is 1. The number of nitrogens with zero attached hydrogens (tertiary/aromatic N) is 2. The van der Waals surface area contributed by atoms with Gasteiger partial charge in [-0.2, -0.15) is 5.26 Å². The molecule has 1 fully saturated rings. The number of hydrogen-bond donors (Lipinski definition) is 1. The predicted molar refractivity (Wildman–Crippen MR) is 79.2 cm³/mol. The third-order valence-corrected chi connectivity index (χ3v) is 3.63. The Labute approximate surface area is 120 Å². The maximum absolute atomic E-state index is 12.1. The summed E-state index contributed by atoms with van der Waals surface area (Å²) in [5.74, 6) is 1.23. The van der Waals surface area contributed by atoms with Crippen LogP contribution in [0.25, 0.3) is 0 Å². The van der Waals surface area contributed by atoms with Crippen molar-refractivity contribution in [1.29, 1.82) is 5.26 Å². The van der Waals surface area contributed by atoms with E-state index >= 15 is 0 Å². The fraction of sp³-hybridized carbons (Fsp3) is 0.500. The molecule has 20 heavy (non-hydrogen) atoms. The molecular formula is C16H21N3O. The number of nitriles is 1. The summed E-state index contributed by atoms with van der Waals surface area (Å²) < 4.78 is 0. The van der Waals surface area contributed by atoms with Gasteiger partial charge in [-0.25, -0.2) is 0 Å². The minimum Gasteiger partial charge on any atom is -0.324 e. The topological polar surface area (TPSA) is 56.1 Å². The van der Waals surface area contributed by atoms with Crippen LogP contribution in [0.1, 0.15) is 25.8 Å². The molecule has 1 aromatic rings. The van der Waals surface area contributed by atoms with Crippen LogP contribution in [0.15, 0.2) is 24.3 Å². The lowest BCUT2D eigenvalue weighted by molar-refractivity contribution is -0.117. The number of piperidine rings is 1. The molecule has 0 radical (unpaired) electrons. The van der Waals surface area contributed by atoms with E-state index in [-0.39, 0.29) is 5.91 Å². The standard InChI is InChI=1S/C16H21N3O/c1-12-7-13(2)10-19(9-12)11-16(20)18-15-6-4-3-5-14(15)8-17/h3-6,12-13H,7,9-11H2,1-2H3,(H,18,20)/t12-,13-/m0/s1. The Bertz CT molecular complexity index is 511. The molecule has 0 unspecified atom stereocenters. The highest BCUT2D eigenvalue weighted by Crippen LogP contribution is 2.21. The Morgan fingerprint density at radius 3 is 2.65 bits per heavy atom. The first-order valence-corrected chi connectivity index (χ1v) is 7.10. The Balaban J connectivity index is 1.94. The Morgan fingerprint density at radius 1 is 1.35 bits per heavy atom. The van der Waals surface area contributed by atoms with E-state index in [0.29, 0.717) is 29.6 Å². The molecule has 0 spiro atoms. The van der Waals surface area contributed by atoms with Crippen LogP contribution in [0.2, 0.25) is 0 Å². The van der Waals surface area contributed by atoms with Gasteiger partial charge in [0.05, 0.1) is 17.8 Å². The first-order chi connectivity index (χ1) is 9.58. The molecule has 0 saturated carbocycles. The molecule has 0 bridgehead atoms. The molecule has 1 aromatic carbocycles. The fourth-order valence-corrected chi connectivity index (χ4v) is 3.00. The molecule has 1 saturated heterocycles. The van der Waals surface area contributed by atoms with E-state index in [1.165, 1.54) is 6.42 Å². The van der Waals surface area contributed by atoms with Crippen LogP contribution < -0.4 is 5.32 Å². The van der Waals surface area contributed by atoms with Crippen molar-refractivity contribution in [3.05, 3.63) is 29.8 Å². The van der Waals surface area contributed by atoms with Crippen LogP contribution in [0.3, 0.4) is 0 Å². The smallest absolute Gasteiger partial charge is 0.238 e. The fourth-order valence-electron chi connectivity index (χ4n) is 3.00. The molecule has 4 heteroatoms. The monoisotopic (exact) mass is 271 g/mol. The van der Waals surface area contributed by atoms with E-state index in [2.05, 4.69) is 30.1 Å². The summed E-state index contributed by atoms with van der Waals surface area (Å²) in [5.41, 5.74) is 1.10. The van der Waals surface area contributed by atoms with Crippen LogP contribution in [0, 0.1) is 23.2 Å². The Hall–Kier alpha value is -1.86. The number of nitrogens with one attached hydrogen (secondary N) is 1. The number of carbonyl (C=O) groups excluding carboxylic acids is 1. The van der Waals surface area contributed by atoms with E-state index in [1.807, 2.05) is 6.07 Å². The van der Waals surface area contributed by atoms with Gasteiger partial charge in [-0.15, -0.1) is 0 Å². The minimum absolute atomic E-state index is 0.0472. The van der Waals surface area contributed by atoms with Gasteiger partial charge in [-0.1, -0.05) is 26.0 Å². The van der Waals surface area contributed by atoms with Crippen LogP contribution >= 0.6 is 0 Å². The van der Waals surface area contributed by atoms with Crippen LogP contribution in [0.5, 0.6) is 0 Å². The highest BCUT2D eigenvalue weighted by Gasteiger charge is 2.23. The molecule has 106 valence electrons. The maximum Gasteiger partial charge on any atom is 0.238 e. The molecule has 1 amide bonds. The van der Waals surface area contributed by atoms with Crippen LogP contribution in [-0.2, 0) is 4.79 Å². The van der Waals surface area contributed by atoms with Crippen molar-refractivity contribution in [2.24, 2.45) is 11.8 Å². The van der Waals surface area contributed by atoms with Crippen molar-refractivity contribution >= 4 is 11.6 Å². The van der Waals surface area contributed by atoms with Gasteiger partial charge < -0.3 is 5.32 Å². The zero-order valence-corrected chi connectivity index (χ0v) is 12.1. The number of carbonyl (C=O) groups is 1. The van der Waals surface area contributed by atoms with E-state index in [9.17, 15) is 4.79 Å². The number of likely N-dealkylation sites (tertiary alicyclic amines) is 1. The first-order valence-electron chi connectivity index (χ1n) is 7.10. The lowest BCUT2D eigenvalue weighted by Crippen LogP contribution is -2.42.